The van der Waals surface area contributed by atoms with Gasteiger partial charge < -0.3 is 31.9 Å². The number of likely N-dealkylation sites (N-methyl/N-ethyl adjacent to an activating group) is 1. The first-order chi connectivity index (χ1) is 25.9. The Labute approximate surface area is 318 Å². The highest BCUT2D eigenvalue weighted by molar-refractivity contribution is 6.03. The monoisotopic (exact) mass is 732 g/mol. The van der Waals surface area contributed by atoms with Gasteiger partial charge in [0, 0.05) is 35.9 Å². The molecule has 0 bridgehead atoms. The lowest BCUT2D eigenvalue weighted by molar-refractivity contribution is -0.130. The van der Waals surface area contributed by atoms with E-state index in [1.165, 1.54) is 6.07 Å². The number of hydrogen-bond acceptors (Lipinski definition) is 6. The van der Waals surface area contributed by atoms with Gasteiger partial charge in [0.25, 0.3) is 11.8 Å². The highest BCUT2D eigenvalue weighted by Gasteiger charge is 2.27. The number of carbonyl (C=O) groups excluding carboxylic acids is 5. The number of nitrogens with one attached hydrogen (secondary N) is 6. The van der Waals surface area contributed by atoms with E-state index in [0.717, 1.165) is 16.7 Å². The fraction of sp³-hybridized carbons (Fsp3) is 0.326. The van der Waals surface area contributed by atoms with Gasteiger partial charge in [-0.25, -0.2) is 0 Å². The third-order valence-electron chi connectivity index (χ3n) is 8.92. The third kappa shape index (κ3) is 12.7. The van der Waals surface area contributed by atoms with E-state index < -0.39 is 29.9 Å². The lowest BCUT2D eigenvalue weighted by Crippen LogP contribution is -2.55. The van der Waals surface area contributed by atoms with Crippen LogP contribution >= 0.6 is 0 Å². The van der Waals surface area contributed by atoms with Crippen molar-refractivity contribution in [1.82, 2.24) is 26.6 Å². The van der Waals surface area contributed by atoms with Crippen molar-refractivity contribution in [3.63, 3.8) is 0 Å². The van der Waals surface area contributed by atoms with Gasteiger partial charge in [-0.2, -0.15) is 0 Å². The van der Waals surface area contributed by atoms with Gasteiger partial charge in [0.05, 0.1) is 18.5 Å². The zero-order chi connectivity index (χ0) is 39.0. The molecule has 0 saturated heterocycles. The Hall–Kier alpha value is -5.81. The van der Waals surface area contributed by atoms with E-state index in [2.05, 4.69) is 31.9 Å². The van der Waals surface area contributed by atoms with Gasteiger partial charge in [0.15, 0.2) is 0 Å². The Morgan fingerprint density at radius 1 is 0.630 bits per heavy atom. The van der Waals surface area contributed by atoms with Crippen LogP contribution in [0.4, 0.5) is 5.69 Å². The van der Waals surface area contributed by atoms with Crippen LogP contribution in [0.3, 0.4) is 0 Å². The standard InChI is InChI=1S/C43H52N6O5/c1-6-44-43(54)39(28(2)3)49-40(51)30(5)45-27-37(22-31-16-10-7-11-17-31)48-42(53)35-24-34(41(52)46-29(4)33-20-14-9-15-21-33)25-36(26-35)47-38(50)23-32-18-12-8-13-19-32/h7-21,24-26,28-30,37,39,45H,6,22-23,27H2,1-5H3,(H,44,54)(H,46,52)(H,47,50)(H,48,53)(H,49,51)/t29-,30+,37+,39+/m1/s1. The van der Waals surface area contributed by atoms with Crippen molar-refractivity contribution in [2.24, 2.45) is 5.92 Å². The summed E-state index contributed by atoms with van der Waals surface area (Å²) < 4.78 is 0. The molecule has 0 saturated carbocycles. The largest absolute Gasteiger partial charge is 0.355 e. The van der Waals surface area contributed by atoms with Crippen molar-refractivity contribution in [2.45, 2.75) is 71.6 Å². The summed E-state index contributed by atoms with van der Waals surface area (Å²) >= 11 is 0. The van der Waals surface area contributed by atoms with Gasteiger partial charge in [-0.3, -0.25) is 24.0 Å². The lowest BCUT2D eigenvalue weighted by Gasteiger charge is -2.25. The predicted octanol–water partition coefficient (Wildman–Crippen LogP) is 4.95. The molecular weight excluding hydrogens is 681 g/mol. The molecule has 0 aromatic heterocycles. The quantitative estimate of drug-likeness (QED) is 0.0850. The maximum Gasteiger partial charge on any atom is 0.251 e. The molecule has 5 amide bonds. The predicted molar refractivity (Wildman–Crippen MR) is 212 cm³/mol. The van der Waals surface area contributed by atoms with E-state index in [1.54, 1.807) is 19.1 Å². The molecule has 284 valence electrons. The van der Waals surface area contributed by atoms with Crippen LogP contribution in [0.5, 0.6) is 0 Å². The van der Waals surface area contributed by atoms with E-state index in [9.17, 15) is 24.0 Å². The first-order valence-corrected chi connectivity index (χ1v) is 18.4. The highest BCUT2D eigenvalue weighted by Crippen LogP contribution is 2.19. The topological polar surface area (TPSA) is 158 Å². The first-order valence-electron chi connectivity index (χ1n) is 18.4. The molecule has 0 aliphatic heterocycles. The van der Waals surface area contributed by atoms with Gasteiger partial charge in [-0.15, -0.1) is 0 Å². The van der Waals surface area contributed by atoms with Crippen LogP contribution < -0.4 is 31.9 Å². The Morgan fingerprint density at radius 2 is 1.19 bits per heavy atom. The van der Waals surface area contributed by atoms with Gasteiger partial charge >= 0.3 is 0 Å². The molecule has 4 rings (SSSR count). The zero-order valence-electron chi connectivity index (χ0n) is 31.6. The fourth-order valence-corrected chi connectivity index (χ4v) is 5.90. The highest BCUT2D eigenvalue weighted by atomic mass is 16.2. The molecule has 0 aliphatic carbocycles. The minimum absolute atomic E-state index is 0.113. The number of amides is 5. The van der Waals surface area contributed by atoms with Crippen molar-refractivity contribution in [3.05, 3.63) is 137 Å². The number of carbonyl (C=O) groups is 5. The van der Waals surface area contributed by atoms with Crippen LogP contribution in [0.15, 0.2) is 109 Å². The second-order valence-electron chi connectivity index (χ2n) is 13.7. The Kier molecular flexibility index (Phi) is 15.5. The van der Waals surface area contributed by atoms with Gasteiger partial charge in [0.2, 0.25) is 17.7 Å². The molecule has 0 unspecified atom stereocenters. The summed E-state index contributed by atoms with van der Waals surface area (Å²) in [4.78, 5) is 66.5. The number of benzene rings is 4. The second kappa shape index (κ2) is 20.4. The third-order valence-corrected chi connectivity index (χ3v) is 8.92. The molecule has 0 aliphatic rings. The molecule has 0 heterocycles. The van der Waals surface area contributed by atoms with Gasteiger partial charge in [-0.1, -0.05) is 105 Å². The zero-order valence-corrected chi connectivity index (χ0v) is 31.6. The van der Waals surface area contributed by atoms with Crippen LogP contribution in [0.1, 0.15) is 78.1 Å². The molecule has 54 heavy (non-hydrogen) atoms. The number of hydrogen-bond donors (Lipinski definition) is 6. The van der Waals surface area contributed by atoms with Crippen molar-refractivity contribution in [3.8, 4) is 0 Å². The summed E-state index contributed by atoms with van der Waals surface area (Å²) in [6.45, 7) is 9.81. The number of anilines is 1. The second-order valence-corrected chi connectivity index (χ2v) is 13.7. The van der Waals surface area contributed by atoms with Crippen LogP contribution in [0.25, 0.3) is 0 Å². The van der Waals surface area contributed by atoms with Crippen LogP contribution in [-0.4, -0.2) is 60.8 Å². The van der Waals surface area contributed by atoms with Gasteiger partial charge in [-0.05, 0) is 68.0 Å². The molecule has 4 atom stereocenters. The summed E-state index contributed by atoms with van der Waals surface area (Å²) in [5, 5.41) is 17.8. The molecule has 0 radical (unpaired) electrons. The maximum atomic E-state index is 14.0. The van der Waals surface area contributed by atoms with E-state index >= 15 is 0 Å². The lowest BCUT2D eigenvalue weighted by atomic mass is 10.0. The van der Waals surface area contributed by atoms with Crippen LogP contribution in [0, 0.1) is 5.92 Å². The Balaban J connectivity index is 1.55. The van der Waals surface area contributed by atoms with Crippen molar-refractivity contribution >= 4 is 35.2 Å². The minimum atomic E-state index is -0.691. The van der Waals surface area contributed by atoms with Crippen LogP contribution in [-0.2, 0) is 27.2 Å². The Bertz CT molecular complexity index is 1850. The van der Waals surface area contributed by atoms with E-state index in [1.807, 2.05) is 119 Å². The van der Waals surface area contributed by atoms with E-state index in [4.69, 9.17) is 0 Å². The van der Waals surface area contributed by atoms with Crippen molar-refractivity contribution in [1.29, 1.82) is 0 Å². The minimum Gasteiger partial charge on any atom is -0.355 e. The summed E-state index contributed by atoms with van der Waals surface area (Å²) in [5.74, 6) is -1.88. The van der Waals surface area contributed by atoms with Gasteiger partial charge in [0.1, 0.15) is 6.04 Å². The normalized spacial score (nSPS) is 13.1. The smallest absolute Gasteiger partial charge is 0.251 e. The first kappa shape index (κ1) is 41.0. The fourth-order valence-electron chi connectivity index (χ4n) is 5.90. The maximum absolute atomic E-state index is 14.0. The summed E-state index contributed by atoms with van der Waals surface area (Å²) in [5.41, 5.74) is 3.39. The van der Waals surface area contributed by atoms with E-state index in [0.29, 0.717) is 18.7 Å². The molecule has 11 nitrogen and oxygen atoms in total. The van der Waals surface area contributed by atoms with Crippen LogP contribution in [0.2, 0.25) is 0 Å². The summed E-state index contributed by atoms with van der Waals surface area (Å²) in [7, 11) is 0. The SMILES string of the molecule is CCNC(=O)[C@@H](NC(=O)[C@H](C)NC[C@H](Cc1ccccc1)NC(=O)c1cc(NC(=O)Cc2ccccc2)cc(C(=O)N[C@H](C)c2ccccc2)c1)C(C)C. The average molecular weight is 733 g/mol. The molecule has 11 heteroatoms. The molecule has 6 N–H and O–H groups in total. The van der Waals surface area contributed by atoms with Crippen molar-refractivity contribution < 1.29 is 24.0 Å². The Morgan fingerprint density at radius 3 is 1.76 bits per heavy atom. The van der Waals surface area contributed by atoms with Crippen molar-refractivity contribution in [2.75, 3.05) is 18.4 Å². The number of rotatable bonds is 18. The summed E-state index contributed by atoms with van der Waals surface area (Å²) in [6.07, 6.45) is 0.554. The molecule has 4 aromatic rings. The average Bonchev–Trinajstić information content (AvgIpc) is 3.16. The molecular formula is C43H52N6O5. The molecule has 0 spiro atoms. The molecule has 4 aromatic carbocycles. The summed E-state index contributed by atoms with van der Waals surface area (Å²) in [6, 6.07) is 30.9. The van der Waals surface area contributed by atoms with E-state index in [-0.39, 0.29) is 53.8 Å². The molecule has 0 fully saturated rings.